The number of aliphatic hydroxyl groups excluding tert-OH is 1. The Kier molecular flexibility index (Phi) is 8.20. The molecule has 2 N–H and O–H groups in total. The van der Waals surface area contributed by atoms with E-state index in [2.05, 4.69) is 33.0 Å². The lowest BCUT2D eigenvalue weighted by Gasteiger charge is -2.20. The summed E-state index contributed by atoms with van der Waals surface area (Å²) < 4.78 is 0. The Balaban J connectivity index is 3.44. The Hall–Kier alpha value is -0.0800. The molecule has 2 nitrogen and oxygen atoms in total. The quantitative estimate of drug-likeness (QED) is 0.632. The van der Waals surface area contributed by atoms with Gasteiger partial charge in [0.2, 0.25) is 0 Å². The van der Waals surface area contributed by atoms with E-state index in [1.165, 1.54) is 12.8 Å². The summed E-state index contributed by atoms with van der Waals surface area (Å²) in [6.45, 7) is 9.29. The molecule has 0 aliphatic carbocycles. The number of nitrogens with one attached hydrogen (secondary N) is 1. The molecule has 86 valence electrons. The Bertz CT molecular complexity index is 125. The summed E-state index contributed by atoms with van der Waals surface area (Å²) in [6.07, 6.45) is 4.52. The van der Waals surface area contributed by atoms with Crippen molar-refractivity contribution in [3.63, 3.8) is 0 Å². The third-order valence-corrected chi connectivity index (χ3v) is 2.54. The number of rotatable bonds is 8. The van der Waals surface area contributed by atoms with Gasteiger partial charge in [-0.15, -0.1) is 0 Å². The number of hydrogen-bond acceptors (Lipinski definition) is 2. The smallest absolute Gasteiger partial charge is 0.0431 e. The van der Waals surface area contributed by atoms with Crippen LogP contribution in [-0.2, 0) is 0 Å². The molecule has 0 unspecified atom stereocenters. The van der Waals surface area contributed by atoms with Crippen LogP contribution in [-0.4, -0.2) is 23.8 Å². The molecule has 0 aliphatic rings. The van der Waals surface area contributed by atoms with Crippen molar-refractivity contribution in [3.05, 3.63) is 0 Å². The maximum Gasteiger partial charge on any atom is 0.0431 e. The molecular formula is C12H27NO. The Morgan fingerprint density at radius 1 is 0.929 bits per heavy atom. The van der Waals surface area contributed by atoms with Gasteiger partial charge in [0.25, 0.3) is 0 Å². The van der Waals surface area contributed by atoms with Gasteiger partial charge in [0.15, 0.2) is 0 Å². The molecule has 0 fully saturated rings. The van der Waals surface area contributed by atoms with Crippen LogP contribution in [0, 0.1) is 5.92 Å². The molecule has 0 aliphatic heterocycles. The first-order chi connectivity index (χ1) is 6.56. The summed E-state index contributed by atoms with van der Waals surface area (Å²) in [4.78, 5) is 0. The van der Waals surface area contributed by atoms with Crippen LogP contribution in [0.5, 0.6) is 0 Å². The average Bonchev–Trinajstić information content (AvgIpc) is 2.11. The van der Waals surface area contributed by atoms with Gasteiger partial charge in [0, 0.05) is 18.7 Å². The topological polar surface area (TPSA) is 32.3 Å². The van der Waals surface area contributed by atoms with Crippen LogP contribution in [0.15, 0.2) is 0 Å². The van der Waals surface area contributed by atoms with E-state index in [1.807, 2.05) is 0 Å². The van der Waals surface area contributed by atoms with Gasteiger partial charge in [-0.2, -0.15) is 0 Å². The number of hydrogen-bond donors (Lipinski definition) is 2. The number of aliphatic hydroxyl groups is 1. The molecular weight excluding hydrogens is 174 g/mol. The van der Waals surface area contributed by atoms with Gasteiger partial charge in [-0.25, -0.2) is 0 Å². The molecule has 0 heterocycles. The van der Waals surface area contributed by atoms with Crippen LogP contribution in [0.4, 0.5) is 0 Å². The minimum absolute atomic E-state index is 0.312. The Labute approximate surface area is 89.1 Å². The average molecular weight is 201 g/mol. The maximum atomic E-state index is 8.70. The van der Waals surface area contributed by atoms with Gasteiger partial charge < -0.3 is 10.4 Å². The molecule has 2 heteroatoms. The van der Waals surface area contributed by atoms with Gasteiger partial charge in [0.1, 0.15) is 0 Å². The van der Waals surface area contributed by atoms with E-state index in [-0.39, 0.29) is 0 Å². The lowest BCUT2D eigenvalue weighted by molar-refractivity contribution is 0.273. The van der Waals surface area contributed by atoms with Crippen LogP contribution in [0.2, 0.25) is 0 Å². The third kappa shape index (κ3) is 8.52. The normalized spacial score (nSPS) is 15.9. The summed E-state index contributed by atoms with van der Waals surface area (Å²) in [5, 5.41) is 12.3. The van der Waals surface area contributed by atoms with Crippen molar-refractivity contribution >= 4 is 0 Å². The van der Waals surface area contributed by atoms with Crippen LogP contribution in [0.25, 0.3) is 0 Å². The molecule has 0 aromatic rings. The van der Waals surface area contributed by atoms with E-state index in [0.717, 1.165) is 18.8 Å². The molecule has 0 saturated heterocycles. The van der Waals surface area contributed by atoms with Crippen LogP contribution < -0.4 is 5.32 Å². The third-order valence-electron chi connectivity index (χ3n) is 2.54. The van der Waals surface area contributed by atoms with Crippen molar-refractivity contribution in [3.8, 4) is 0 Å². The lowest BCUT2D eigenvalue weighted by atomic mass is 10.0. The maximum absolute atomic E-state index is 8.70. The molecule has 14 heavy (non-hydrogen) atoms. The molecule has 0 aromatic heterocycles. The minimum atomic E-state index is 0.312. The highest BCUT2D eigenvalue weighted by molar-refractivity contribution is 4.68. The summed E-state index contributed by atoms with van der Waals surface area (Å²) in [5.74, 6) is 0.798. The summed E-state index contributed by atoms with van der Waals surface area (Å²) in [5.41, 5.74) is 0. The van der Waals surface area contributed by atoms with Gasteiger partial charge in [0.05, 0.1) is 0 Å². The Morgan fingerprint density at radius 2 is 1.50 bits per heavy atom. The fraction of sp³-hybridized carbons (Fsp3) is 1.00. The van der Waals surface area contributed by atoms with E-state index < -0.39 is 0 Å². The molecule has 0 radical (unpaired) electrons. The van der Waals surface area contributed by atoms with E-state index >= 15 is 0 Å². The van der Waals surface area contributed by atoms with Gasteiger partial charge >= 0.3 is 0 Å². The second kappa shape index (κ2) is 8.25. The van der Waals surface area contributed by atoms with E-state index in [4.69, 9.17) is 5.11 Å². The molecule has 0 aromatic carbocycles. The van der Waals surface area contributed by atoms with Crippen LogP contribution in [0.3, 0.4) is 0 Å². The summed E-state index contributed by atoms with van der Waals surface area (Å²) in [7, 11) is 0. The molecule has 0 spiro atoms. The zero-order valence-electron chi connectivity index (χ0n) is 10.2. The Morgan fingerprint density at radius 3 is 2.00 bits per heavy atom. The summed E-state index contributed by atoms with van der Waals surface area (Å²) in [6, 6.07) is 1.13. The van der Waals surface area contributed by atoms with Crippen LogP contribution >= 0.6 is 0 Å². The lowest BCUT2D eigenvalue weighted by Crippen LogP contribution is -2.34. The largest absolute Gasteiger partial charge is 0.396 e. The van der Waals surface area contributed by atoms with Gasteiger partial charge in [-0.1, -0.05) is 13.8 Å². The standard InChI is InChI=1S/C12H27NO/c1-10(2)7-8-12(4)13-11(3)6-5-9-14/h10-14H,5-9H2,1-4H3/t11-,12+/m0/s1. The highest BCUT2D eigenvalue weighted by Gasteiger charge is 2.07. The SMILES string of the molecule is CC(C)CC[C@@H](C)N[C@@H](C)CCCO. The predicted molar refractivity (Wildman–Crippen MR) is 62.5 cm³/mol. The zero-order valence-corrected chi connectivity index (χ0v) is 10.2. The van der Waals surface area contributed by atoms with Gasteiger partial charge in [-0.05, 0) is 45.4 Å². The second-order valence-corrected chi connectivity index (χ2v) is 4.81. The first-order valence-corrected chi connectivity index (χ1v) is 5.93. The van der Waals surface area contributed by atoms with Crippen molar-refractivity contribution in [2.45, 2.75) is 65.5 Å². The second-order valence-electron chi connectivity index (χ2n) is 4.81. The van der Waals surface area contributed by atoms with Crippen LogP contribution in [0.1, 0.15) is 53.4 Å². The minimum Gasteiger partial charge on any atom is -0.396 e. The van der Waals surface area contributed by atoms with Gasteiger partial charge in [-0.3, -0.25) is 0 Å². The van der Waals surface area contributed by atoms with E-state index in [0.29, 0.717) is 18.7 Å². The van der Waals surface area contributed by atoms with Crippen molar-refractivity contribution in [1.29, 1.82) is 0 Å². The van der Waals surface area contributed by atoms with E-state index in [9.17, 15) is 0 Å². The highest BCUT2D eigenvalue weighted by atomic mass is 16.2. The highest BCUT2D eigenvalue weighted by Crippen LogP contribution is 2.07. The predicted octanol–water partition coefficient (Wildman–Crippen LogP) is 2.56. The fourth-order valence-electron chi connectivity index (χ4n) is 1.63. The summed E-state index contributed by atoms with van der Waals surface area (Å²) >= 11 is 0. The molecule has 0 bridgehead atoms. The first kappa shape index (κ1) is 13.9. The molecule has 0 saturated carbocycles. The van der Waals surface area contributed by atoms with Crippen molar-refractivity contribution in [2.24, 2.45) is 5.92 Å². The van der Waals surface area contributed by atoms with Crippen molar-refractivity contribution in [1.82, 2.24) is 5.32 Å². The van der Waals surface area contributed by atoms with E-state index in [1.54, 1.807) is 0 Å². The van der Waals surface area contributed by atoms with Crippen molar-refractivity contribution < 1.29 is 5.11 Å². The monoisotopic (exact) mass is 201 g/mol. The first-order valence-electron chi connectivity index (χ1n) is 5.93. The van der Waals surface area contributed by atoms with Crippen molar-refractivity contribution in [2.75, 3.05) is 6.61 Å². The molecule has 2 atom stereocenters. The zero-order chi connectivity index (χ0) is 11.0. The fourth-order valence-corrected chi connectivity index (χ4v) is 1.63. The molecule has 0 amide bonds. The molecule has 0 rings (SSSR count).